The molecule has 0 N–H and O–H groups in total. The Morgan fingerprint density at radius 2 is 2.06 bits per heavy atom. The van der Waals surface area contributed by atoms with Crippen LogP contribution in [0.2, 0.25) is 0 Å². The lowest BCUT2D eigenvalue weighted by Gasteiger charge is -2.33. The van der Waals surface area contributed by atoms with Crippen molar-refractivity contribution in [3.8, 4) is 0 Å². The Morgan fingerprint density at radius 3 is 2.44 bits per heavy atom. The van der Waals surface area contributed by atoms with E-state index in [-0.39, 0.29) is 11.4 Å². The molecule has 1 aromatic rings. The Hall–Kier alpha value is -0.540. The molecule has 0 saturated carbocycles. The fraction of sp³-hybridized carbons (Fsp3) is 0.583. The summed E-state index contributed by atoms with van der Waals surface area (Å²) in [6.45, 7) is 7.98. The van der Waals surface area contributed by atoms with E-state index in [4.69, 9.17) is 11.6 Å². The molecule has 16 heavy (non-hydrogen) atoms. The van der Waals surface area contributed by atoms with E-state index in [1.807, 2.05) is 33.8 Å². The summed E-state index contributed by atoms with van der Waals surface area (Å²) in [5, 5.41) is 0. The molecule has 0 bridgehead atoms. The van der Waals surface area contributed by atoms with Crippen LogP contribution in [0.25, 0.3) is 0 Å². The van der Waals surface area contributed by atoms with Crippen molar-refractivity contribution in [1.82, 2.24) is 4.90 Å². The lowest BCUT2D eigenvalue weighted by molar-refractivity contribution is 0.0665. The van der Waals surface area contributed by atoms with Gasteiger partial charge in [-0.1, -0.05) is 0 Å². The number of carbonyl (C=O) groups is 1. The molecular weight excluding hydrogens is 242 g/mol. The Labute approximate surface area is 106 Å². The second-order valence-corrected chi connectivity index (χ2v) is 6.18. The van der Waals surface area contributed by atoms with Gasteiger partial charge in [-0.3, -0.25) is 4.79 Å². The van der Waals surface area contributed by atoms with Crippen molar-refractivity contribution in [3.05, 3.63) is 21.4 Å². The molecule has 90 valence electrons. The molecule has 2 nitrogen and oxygen atoms in total. The zero-order chi connectivity index (χ0) is 12.5. The van der Waals surface area contributed by atoms with Crippen molar-refractivity contribution in [1.29, 1.82) is 0 Å². The molecule has 4 heteroatoms. The number of aryl methyl sites for hydroxylation is 2. The van der Waals surface area contributed by atoms with Crippen LogP contribution in [0.4, 0.5) is 0 Å². The maximum Gasteiger partial charge on any atom is 0.264 e. The minimum absolute atomic E-state index is 0.0480. The number of nitrogens with zero attached hydrogens (tertiary/aromatic N) is 1. The normalized spacial score (nSPS) is 11.6. The van der Waals surface area contributed by atoms with Crippen molar-refractivity contribution in [2.45, 2.75) is 33.2 Å². The molecule has 0 saturated heterocycles. The van der Waals surface area contributed by atoms with E-state index in [1.165, 1.54) is 10.4 Å². The van der Waals surface area contributed by atoms with Gasteiger partial charge in [0, 0.05) is 17.8 Å². The molecule has 1 rings (SSSR count). The van der Waals surface area contributed by atoms with Gasteiger partial charge in [-0.15, -0.1) is 22.9 Å². The smallest absolute Gasteiger partial charge is 0.264 e. The number of amides is 1. The van der Waals surface area contributed by atoms with Crippen molar-refractivity contribution in [2.24, 2.45) is 0 Å². The number of alkyl halides is 1. The molecule has 0 aliphatic rings. The van der Waals surface area contributed by atoms with E-state index in [1.54, 1.807) is 23.3 Å². The number of hydrogen-bond acceptors (Lipinski definition) is 2. The van der Waals surface area contributed by atoms with Gasteiger partial charge in [0.25, 0.3) is 5.91 Å². The second kappa shape index (κ2) is 4.76. The third-order valence-electron chi connectivity index (χ3n) is 2.92. The number of hydrogen-bond donors (Lipinski definition) is 0. The second-order valence-electron chi connectivity index (χ2n) is 4.66. The Balaban J connectivity index is 2.94. The largest absolute Gasteiger partial charge is 0.335 e. The highest BCUT2D eigenvalue weighted by molar-refractivity contribution is 7.14. The Bertz CT molecular complexity index is 378. The molecule has 0 aliphatic heterocycles. The van der Waals surface area contributed by atoms with Crippen molar-refractivity contribution < 1.29 is 4.79 Å². The van der Waals surface area contributed by atoms with Crippen LogP contribution in [0.3, 0.4) is 0 Å². The maximum absolute atomic E-state index is 12.2. The summed E-state index contributed by atoms with van der Waals surface area (Å²) in [6, 6.07) is 1.95. The van der Waals surface area contributed by atoms with Gasteiger partial charge in [0.1, 0.15) is 0 Å². The van der Waals surface area contributed by atoms with E-state index in [0.717, 1.165) is 4.88 Å². The first-order valence-electron chi connectivity index (χ1n) is 5.20. The van der Waals surface area contributed by atoms with Crippen LogP contribution in [-0.4, -0.2) is 29.3 Å². The van der Waals surface area contributed by atoms with E-state index in [2.05, 4.69) is 0 Å². The highest BCUT2D eigenvalue weighted by Crippen LogP contribution is 2.24. The van der Waals surface area contributed by atoms with E-state index < -0.39 is 0 Å². The topological polar surface area (TPSA) is 20.3 Å². The summed E-state index contributed by atoms with van der Waals surface area (Å²) < 4.78 is 0. The van der Waals surface area contributed by atoms with Crippen LogP contribution >= 0.6 is 22.9 Å². The molecule has 1 amide bonds. The number of carbonyl (C=O) groups excluding carboxylic acids is 1. The number of halogens is 1. The zero-order valence-electron chi connectivity index (χ0n) is 10.4. The van der Waals surface area contributed by atoms with Gasteiger partial charge in [-0.25, -0.2) is 0 Å². The van der Waals surface area contributed by atoms with Crippen LogP contribution in [-0.2, 0) is 0 Å². The van der Waals surface area contributed by atoms with Crippen molar-refractivity contribution in [3.63, 3.8) is 0 Å². The SMILES string of the molecule is Cc1cc(C(=O)N(C)C(C)(C)CCl)sc1C. The van der Waals surface area contributed by atoms with Gasteiger partial charge in [-0.05, 0) is 39.3 Å². The minimum Gasteiger partial charge on any atom is -0.335 e. The predicted molar refractivity (Wildman–Crippen MR) is 70.7 cm³/mol. The van der Waals surface area contributed by atoms with Crippen LogP contribution in [0, 0.1) is 13.8 Å². The average Bonchev–Trinajstić information content (AvgIpc) is 2.57. The first kappa shape index (κ1) is 13.5. The standard InChI is InChI=1S/C12H18ClNOS/c1-8-6-10(16-9(8)2)11(15)14(5)12(3,4)7-13/h6H,7H2,1-5H3. The predicted octanol–water partition coefficient (Wildman–Crippen LogP) is 3.45. The molecular formula is C12H18ClNOS. The van der Waals surface area contributed by atoms with E-state index in [0.29, 0.717) is 5.88 Å². The lowest BCUT2D eigenvalue weighted by atomic mass is 10.1. The summed E-state index contributed by atoms with van der Waals surface area (Å²) >= 11 is 7.41. The molecule has 0 radical (unpaired) electrons. The monoisotopic (exact) mass is 259 g/mol. The third kappa shape index (κ3) is 2.58. The van der Waals surface area contributed by atoms with E-state index in [9.17, 15) is 4.79 Å². The Morgan fingerprint density at radius 1 is 1.50 bits per heavy atom. The van der Waals surface area contributed by atoms with Gasteiger partial charge in [0.15, 0.2) is 0 Å². The zero-order valence-corrected chi connectivity index (χ0v) is 12.0. The third-order valence-corrected chi connectivity index (χ3v) is 4.71. The number of rotatable bonds is 3. The molecule has 0 fully saturated rings. The first-order valence-corrected chi connectivity index (χ1v) is 6.56. The van der Waals surface area contributed by atoms with Crippen LogP contribution in [0.15, 0.2) is 6.07 Å². The molecule has 1 heterocycles. The summed E-state index contributed by atoms with van der Waals surface area (Å²) in [5.41, 5.74) is 0.857. The van der Waals surface area contributed by atoms with Crippen molar-refractivity contribution >= 4 is 28.8 Å². The lowest BCUT2D eigenvalue weighted by Crippen LogP contribution is -2.46. The summed E-state index contributed by atoms with van der Waals surface area (Å²) in [7, 11) is 1.80. The van der Waals surface area contributed by atoms with Gasteiger partial charge >= 0.3 is 0 Å². The highest BCUT2D eigenvalue weighted by atomic mass is 35.5. The van der Waals surface area contributed by atoms with Crippen LogP contribution < -0.4 is 0 Å². The molecule has 0 unspecified atom stereocenters. The van der Waals surface area contributed by atoms with Crippen LogP contribution in [0.1, 0.15) is 34.0 Å². The van der Waals surface area contributed by atoms with E-state index >= 15 is 0 Å². The molecule has 0 spiro atoms. The number of thiophene rings is 1. The molecule has 0 atom stereocenters. The molecule has 0 aliphatic carbocycles. The quantitative estimate of drug-likeness (QED) is 0.762. The maximum atomic E-state index is 12.2. The van der Waals surface area contributed by atoms with Gasteiger partial charge in [0.05, 0.1) is 10.4 Å². The molecule has 1 aromatic heterocycles. The fourth-order valence-electron chi connectivity index (χ4n) is 1.21. The van der Waals surface area contributed by atoms with Crippen LogP contribution in [0.5, 0.6) is 0 Å². The van der Waals surface area contributed by atoms with Gasteiger partial charge < -0.3 is 4.90 Å². The average molecular weight is 260 g/mol. The Kier molecular flexibility index (Phi) is 4.02. The molecule has 0 aromatic carbocycles. The summed E-state index contributed by atoms with van der Waals surface area (Å²) in [4.78, 5) is 15.9. The highest BCUT2D eigenvalue weighted by Gasteiger charge is 2.28. The van der Waals surface area contributed by atoms with Gasteiger partial charge in [-0.2, -0.15) is 0 Å². The van der Waals surface area contributed by atoms with Gasteiger partial charge in [0.2, 0.25) is 0 Å². The first-order chi connectivity index (χ1) is 7.29. The summed E-state index contributed by atoms with van der Waals surface area (Å²) in [5.74, 6) is 0.477. The van der Waals surface area contributed by atoms with Crippen molar-refractivity contribution in [2.75, 3.05) is 12.9 Å². The summed E-state index contributed by atoms with van der Waals surface area (Å²) in [6.07, 6.45) is 0. The minimum atomic E-state index is -0.315. The fourth-order valence-corrected chi connectivity index (χ4v) is 2.40.